The number of rotatable bonds is 4. The number of nitriles is 1. The first-order valence-electron chi connectivity index (χ1n) is 10.2. The number of hydrogen-bond acceptors (Lipinski definition) is 7. The molecule has 0 saturated carbocycles. The molecule has 0 radical (unpaired) electrons. The number of phenols is 1. The first kappa shape index (κ1) is 23.7. The molecule has 0 aromatic heterocycles. The highest BCUT2D eigenvalue weighted by atomic mass is 79.9. The summed E-state index contributed by atoms with van der Waals surface area (Å²) in [6, 6.07) is 15.0. The van der Waals surface area contributed by atoms with Crippen LogP contribution >= 0.6 is 15.9 Å². The zero-order valence-electron chi connectivity index (χ0n) is 18.1. The average Bonchev–Trinajstić information content (AvgIpc) is 3.11. The van der Waals surface area contributed by atoms with Crippen molar-refractivity contribution >= 4 is 44.8 Å². The third-order valence-corrected chi connectivity index (χ3v) is 6.55. The second kappa shape index (κ2) is 9.04. The number of anilines is 1. The van der Waals surface area contributed by atoms with Crippen LogP contribution in [-0.4, -0.2) is 26.8 Å². The van der Waals surface area contributed by atoms with Crippen LogP contribution in [-0.2, 0) is 9.59 Å². The Morgan fingerprint density at radius 1 is 1.11 bits per heavy atom. The van der Waals surface area contributed by atoms with Crippen molar-refractivity contribution in [1.29, 1.82) is 5.26 Å². The van der Waals surface area contributed by atoms with Crippen molar-refractivity contribution in [1.82, 2.24) is 0 Å². The lowest BCUT2D eigenvalue weighted by Gasteiger charge is -2.25. The Kier molecular flexibility index (Phi) is 6.11. The number of nitro groups is 1. The van der Waals surface area contributed by atoms with Crippen LogP contribution in [0, 0.1) is 28.4 Å². The summed E-state index contributed by atoms with van der Waals surface area (Å²) in [6.45, 7) is 1.79. The van der Waals surface area contributed by atoms with E-state index < -0.39 is 39.9 Å². The fourth-order valence-electron chi connectivity index (χ4n) is 3.92. The molecule has 1 aliphatic heterocycles. The molecule has 3 aromatic carbocycles. The van der Waals surface area contributed by atoms with Crippen LogP contribution in [0.2, 0.25) is 0 Å². The number of nitrogens with zero attached hydrogens (tertiary/aromatic N) is 3. The smallest absolute Gasteiger partial charge is 0.311 e. The second-order valence-electron chi connectivity index (χ2n) is 7.80. The molecular weight excluding hydrogens is 518 g/mol. The van der Waals surface area contributed by atoms with Gasteiger partial charge < -0.3 is 10.2 Å². The molecule has 10 heteroatoms. The molecular formula is C25H16BrN3O6. The van der Waals surface area contributed by atoms with Gasteiger partial charge >= 0.3 is 5.69 Å². The minimum atomic E-state index is -1.23. The lowest BCUT2D eigenvalue weighted by Crippen LogP contribution is -2.29. The number of aliphatic hydroxyl groups excluding tert-OH is 1. The van der Waals surface area contributed by atoms with Gasteiger partial charge in [0, 0.05) is 21.8 Å². The van der Waals surface area contributed by atoms with Crippen LogP contribution in [0.4, 0.5) is 11.4 Å². The van der Waals surface area contributed by atoms with Gasteiger partial charge in [0.2, 0.25) is 0 Å². The monoisotopic (exact) mass is 533 g/mol. The van der Waals surface area contributed by atoms with Crippen LogP contribution in [0.5, 0.6) is 5.75 Å². The number of hydrogen-bond donors (Lipinski definition) is 2. The number of amides is 1. The van der Waals surface area contributed by atoms with Gasteiger partial charge in [0.15, 0.2) is 5.75 Å². The Hall–Kier alpha value is -4.49. The van der Waals surface area contributed by atoms with Crippen molar-refractivity contribution < 1.29 is 24.7 Å². The van der Waals surface area contributed by atoms with Crippen molar-refractivity contribution in [2.45, 2.75) is 13.0 Å². The molecule has 0 aliphatic carbocycles. The first-order chi connectivity index (χ1) is 16.6. The number of aryl methyl sites for hydroxylation is 1. The van der Waals surface area contributed by atoms with Crippen LogP contribution in [0.3, 0.4) is 0 Å². The number of phenolic OH excluding ortho intramolecular Hbond substituents is 1. The highest BCUT2D eigenvalue weighted by molar-refractivity contribution is 9.10. The van der Waals surface area contributed by atoms with Crippen molar-refractivity contribution in [2.24, 2.45) is 0 Å². The van der Waals surface area contributed by atoms with Gasteiger partial charge in [-0.05, 0) is 60.5 Å². The number of ketones is 1. The fourth-order valence-corrected chi connectivity index (χ4v) is 4.16. The van der Waals surface area contributed by atoms with Crippen LogP contribution in [0.15, 0.2) is 70.7 Å². The molecule has 174 valence electrons. The predicted molar refractivity (Wildman–Crippen MR) is 130 cm³/mol. The van der Waals surface area contributed by atoms with Crippen molar-refractivity contribution in [3.8, 4) is 11.8 Å². The highest BCUT2D eigenvalue weighted by Crippen LogP contribution is 2.44. The fraction of sp³-hybridized carbons (Fsp3) is 0.0800. The summed E-state index contributed by atoms with van der Waals surface area (Å²) in [4.78, 5) is 38.1. The van der Waals surface area contributed by atoms with Gasteiger partial charge in [-0.25, -0.2) is 0 Å². The van der Waals surface area contributed by atoms with Crippen LogP contribution in [0.25, 0.3) is 5.76 Å². The van der Waals surface area contributed by atoms with Crippen LogP contribution < -0.4 is 4.90 Å². The Labute approximate surface area is 207 Å². The molecule has 9 nitrogen and oxygen atoms in total. The Morgan fingerprint density at radius 3 is 2.40 bits per heavy atom. The van der Waals surface area contributed by atoms with Gasteiger partial charge in [-0.15, -0.1) is 0 Å². The summed E-state index contributed by atoms with van der Waals surface area (Å²) in [6.07, 6.45) is 0. The summed E-state index contributed by atoms with van der Waals surface area (Å²) >= 11 is 3.37. The summed E-state index contributed by atoms with van der Waals surface area (Å²) < 4.78 is 0.776. The molecule has 0 spiro atoms. The van der Waals surface area contributed by atoms with E-state index >= 15 is 0 Å². The molecule has 1 atom stereocenters. The number of aliphatic hydroxyl groups is 1. The van der Waals surface area contributed by atoms with Gasteiger partial charge in [-0.2, -0.15) is 5.26 Å². The van der Waals surface area contributed by atoms with E-state index in [4.69, 9.17) is 5.26 Å². The average molecular weight is 534 g/mol. The molecule has 1 unspecified atom stereocenters. The largest absolute Gasteiger partial charge is 0.507 e. The standard InChI is InChI=1S/C25H16BrN3O6/c1-13-10-16(4-8-18(13)26)23(31)21-22(15-5-9-20(30)19(11-15)29(34)35)28(25(33)24(21)32)17-6-2-14(12-27)3-7-17/h2-11,22,30-31H,1H3/b23-21-. The van der Waals surface area contributed by atoms with E-state index in [2.05, 4.69) is 15.9 Å². The number of carbonyl (C=O) groups is 2. The molecule has 35 heavy (non-hydrogen) atoms. The lowest BCUT2D eigenvalue weighted by molar-refractivity contribution is -0.385. The van der Waals surface area contributed by atoms with E-state index in [-0.39, 0.29) is 22.4 Å². The lowest BCUT2D eigenvalue weighted by atomic mass is 9.94. The maximum absolute atomic E-state index is 13.2. The topological polar surface area (TPSA) is 145 Å². The predicted octanol–water partition coefficient (Wildman–Crippen LogP) is 4.87. The molecule has 2 N–H and O–H groups in total. The van der Waals surface area contributed by atoms with E-state index in [1.165, 1.54) is 30.3 Å². The van der Waals surface area contributed by atoms with E-state index in [1.807, 2.05) is 6.07 Å². The van der Waals surface area contributed by atoms with Gasteiger partial charge in [-0.3, -0.25) is 24.6 Å². The summed E-state index contributed by atoms with van der Waals surface area (Å²) in [5, 5.41) is 41.6. The van der Waals surface area contributed by atoms with Crippen LogP contribution in [0.1, 0.15) is 28.3 Å². The normalized spacial score (nSPS) is 16.8. The molecule has 0 bridgehead atoms. The van der Waals surface area contributed by atoms with Crippen molar-refractivity contribution in [3.63, 3.8) is 0 Å². The van der Waals surface area contributed by atoms with Gasteiger partial charge in [0.1, 0.15) is 5.76 Å². The Morgan fingerprint density at radius 2 is 1.80 bits per heavy atom. The highest BCUT2D eigenvalue weighted by Gasteiger charge is 2.47. The minimum Gasteiger partial charge on any atom is -0.507 e. The number of aromatic hydroxyl groups is 1. The zero-order valence-corrected chi connectivity index (χ0v) is 19.7. The van der Waals surface area contributed by atoms with E-state index in [9.17, 15) is 29.9 Å². The summed E-state index contributed by atoms with van der Waals surface area (Å²) in [5.74, 6) is -2.97. The molecule has 4 rings (SSSR count). The molecule has 1 saturated heterocycles. The molecule has 3 aromatic rings. The molecule has 1 amide bonds. The summed E-state index contributed by atoms with van der Waals surface area (Å²) in [5.41, 5.74) is 0.876. The number of Topliss-reactive ketones (excluding diaryl/α,β-unsaturated/α-hetero) is 1. The zero-order chi connectivity index (χ0) is 25.4. The maximum atomic E-state index is 13.2. The van der Waals surface area contributed by atoms with Gasteiger partial charge in [-0.1, -0.05) is 28.1 Å². The van der Waals surface area contributed by atoms with Gasteiger partial charge in [0.05, 0.1) is 28.2 Å². The van der Waals surface area contributed by atoms with E-state index in [1.54, 1.807) is 25.1 Å². The number of halogens is 1. The number of carbonyl (C=O) groups excluding carboxylic acids is 2. The van der Waals surface area contributed by atoms with E-state index in [0.717, 1.165) is 27.1 Å². The van der Waals surface area contributed by atoms with Gasteiger partial charge in [0.25, 0.3) is 11.7 Å². The first-order valence-corrected chi connectivity index (χ1v) is 11.0. The molecule has 1 aliphatic rings. The maximum Gasteiger partial charge on any atom is 0.311 e. The minimum absolute atomic E-state index is 0.133. The third-order valence-electron chi connectivity index (χ3n) is 5.66. The number of benzene rings is 3. The molecule has 1 fully saturated rings. The van der Waals surface area contributed by atoms with Crippen molar-refractivity contribution in [3.05, 3.63) is 103 Å². The number of nitro benzene ring substituents is 1. The van der Waals surface area contributed by atoms with E-state index in [0.29, 0.717) is 5.56 Å². The molecule has 1 heterocycles. The Bertz CT molecular complexity index is 1470. The second-order valence-corrected chi connectivity index (χ2v) is 8.65. The van der Waals surface area contributed by atoms with Crippen molar-refractivity contribution in [2.75, 3.05) is 4.90 Å². The SMILES string of the molecule is Cc1cc(/C(O)=C2/C(=O)C(=O)N(c3ccc(C#N)cc3)C2c2ccc(O)c([N+](=O)[O-])c2)ccc1Br. The summed E-state index contributed by atoms with van der Waals surface area (Å²) in [7, 11) is 0. The Balaban J connectivity index is 1.99. The third kappa shape index (κ3) is 4.13. The quantitative estimate of drug-likeness (QED) is 0.160.